The van der Waals surface area contributed by atoms with E-state index in [1.807, 2.05) is 55.5 Å². The van der Waals surface area contributed by atoms with Gasteiger partial charge in [-0.05, 0) is 42.0 Å². The van der Waals surface area contributed by atoms with E-state index in [4.69, 9.17) is 23.5 Å². The van der Waals surface area contributed by atoms with Crippen LogP contribution in [0.25, 0.3) is 22.1 Å². The SMILES string of the molecule is CCOc1ccc2ccccc2c1C(=O)OCc1cc(-c2ccc3c(c2)OCCO3)on1. The fourth-order valence-corrected chi connectivity index (χ4v) is 3.66. The maximum Gasteiger partial charge on any atom is 0.342 e. The van der Waals surface area contributed by atoms with Crippen LogP contribution in [0.5, 0.6) is 17.2 Å². The van der Waals surface area contributed by atoms with E-state index in [0.29, 0.717) is 54.1 Å². The Morgan fingerprint density at radius 3 is 2.72 bits per heavy atom. The summed E-state index contributed by atoms with van der Waals surface area (Å²) in [5.41, 5.74) is 1.70. The van der Waals surface area contributed by atoms with Crippen molar-refractivity contribution in [2.75, 3.05) is 19.8 Å². The van der Waals surface area contributed by atoms with Gasteiger partial charge in [0.25, 0.3) is 0 Å². The molecule has 0 atom stereocenters. The lowest BCUT2D eigenvalue weighted by Gasteiger charge is -2.18. The van der Waals surface area contributed by atoms with Crippen LogP contribution in [-0.4, -0.2) is 30.9 Å². The quantitative estimate of drug-likeness (QED) is 0.397. The number of nitrogens with zero attached hydrogens (tertiary/aromatic N) is 1. The van der Waals surface area contributed by atoms with Gasteiger partial charge in [0.15, 0.2) is 17.3 Å². The Bertz CT molecular complexity index is 1280. The van der Waals surface area contributed by atoms with Gasteiger partial charge in [0.05, 0.1) is 6.61 Å². The van der Waals surface area contributed by atoms with Crippen LogP contribution in [0, 0.1) is 0 Å². The molecule has 0 saturated carbocycles. The second kappa shape index (κ2) is 8.63. The van der Waals surface area contributed by atoms with Gasteiger partial charge in [0, 0.05) is 11.6 Å². The Balaban J connectivity index is 1.34. The maximum absolute atomic E-state index is 13.0. The minimum Gasteiger partial charge on any atom is -0.493 e. The molecule has 0 unspecified atom stereocenters. The van der Waals surface area contributed by atoms with Crippen molar-refractivity contribution < 1.29 is 28.3 Å². The first-order valence-electron chi connectivity index (χ1n) is 10.4. The molecule has 0 aliphatic carbocycles. The first kappa shape index (κ1) is 19.9. The average Bonchev–Trinajstić information content (AvgIpc) is 3.31. The number of ether oxygens (including phenoxy) is 4. The highest BCUT2D eigenvalue weighted by Gasteiger charge is 2.20. The Kier molecular flexibility index (Phi) is 5.37. The molecule has 0 bridgehead atoms. The number of fused-ring (bicyclic) bond motifs is 2. The molecule has 32 heavy (non-hydrogen) atoms. The number of esters is 1. The normalized spacial score (nSPS) is 12.5. The molecule has 0 fully saturated rings. The van der Waals surface area contributed by atoms with Gasteiger partial charge in [-0.2, -0.15) is 0 Å². The third-order valence-electron chi connectivity index (χ3n) is 5.13. The summed E-state index contributed by atoms with van der Waals surface area (Å²) in [5.74, 6) is 1.93. The summed E-state index contributed by atoms with van der Waals surface area (Å²) in [6.07, 6.45) is 0. The largest absolute Gasteiger partial charge is 0.493 e. The van der Waals surface area contributed by atoms with Crippen LogP contribution in [0.15, 0.2) is 65.2 Å². The van der Waals surface area contributed by atoms with Crippen molar-refractivity contribution in [2.45, 2.75) is 13.5 Å². The lowest BCUT2D eigenvalue weighted by atomic mass is 10.0. The van der Waals surface area contributed by atoms with E-state index in [1.165, 1.54) is 0 Å². The Morgan fingerprint density at radius 1 is 1.00 bits per heavy atom. The van der Waals surface area contributed by atoms with Crippen molar-refractivity contribution in [3.8, 4) is 28.6 Å². The lowest BCUT2D eigenvalue weighted by molar-refractivity contribution is 0.0462. The van der Waals surface area contributed by atoms with Gasteiger partial charge in [-0.3, -0.25) is 0 Å². The molecule has 5 rings (SSSR count). The van der Waals surface area contributed by atoms with E-state index in [-0.39, 0.29) is 6.61 Å². The van der Waals surface area contributed by atoms with E-state index >= 15 is 0 Å². The predicted octanol–water partition coefficient (Wildman–Crippen LogP) is 5.02. The molecule has 1 aromatic heterocycles. The summed E-state index contributed by atoms with van der Waals surface area (Å²) >= 11 is 0. The van der Waals surface area contributed by atoms with Crippen molar-refractivity contribution >= 4 is 16.7 Å². The summed E-state index contributed by atoms with van der Waals surface area (Å²) < 4.78 is 27.8. The first-order valence-corrected chi connectivity index (χ1v) is 10.4. The number of carbonyl (C=O) groups excluding carboxylic acids is 1. The lowest BCUT2D eigenvalue weighted by Crippen LogP contribution is -2.15. The maximum atomic E-state index is 13.0. The van der Waals surface area contributed by atoms with Crippen molar-refractivity contribution in [1.82, 2.24) is 5.16 Å². The third kappa shape index (κ3) is 3.85. The van der Waals surface area contributed by atoms with Crippen LogP contribution >= 0.6 is 0 Å². The summed E-state index contributed by atoms with van der Waals surface area (Å²) in [4.78, 5) is 13.0. The molecule has 0 saturated heterocycles. The van der Waals surface area contributed by atoms with E-state index in [9.17, 15) is 4.79 Å². The van der Waals surface area contributed by atoms with Crippen LogP contribution in [0.4, 0.5) is 0 Å². The van der Waals surface area contributed by atoms with Gasteiger partial charge >= 0.3 is 5.97 Å². The molecule has 0 amide bonds. The minimum absolute atomic E-state index is 0.0261. The minimum atomic E-state index is -0.478. The van der Waals surface area contributed by atoms with Crippen molar-refractivity contribution in [3.05, 3.63) is 71.9 Å². The number of benzene rings is 3. The average molecular weight is 431 g/mol. The van der Waals surface area contributed by atoms with Gasteiger partial charge in [0.2, 0.25) is 0 Å². The van der Waals surface area contributed by atoms with E-state index in [2.05, 4.69) is 5.16 Å². The smallest absolute Gasteiger partial charge is 0.342 e. The van der Waals surface area contributed by atoms with E-state index in [0.717, 1.165) is 16.3 Å². The molecule has 1 aliphatic rings. The number of aromatic nitrogens is 1. The third-order valence-corrected chi connectivity index (χ3v) is 5.13. The topological polar surface area (TPSA) is 80.0 Å². The summed E-state index contributed by atoms with van der Waals surface area (Å²) in [5, 5.41) is 5.75. The predicted molar refractivity (Wildman–Crippen MR) is 117 cm³/mol. The van der Waals surface area contributed by atoms with E-state index < -0.39 is 5.97 Å². The molecule has 0 radical (unpaired) electrons. The standard InChI is InChI=1S/C25H21NO6/c1-2-28-21-10-7-16-5-3-4-6-19(16)24(21)25(27)31-15-18-14-22(32-26-18)17-8-9-20-23(13-17)30-12-11-29-20/h3-10,13-14H,2,11-12,15H2,1H3. The molecule has 0 N–H and O–H groups in total. The van der Waals surface area contributed by atoms with Crippen molar-refractivity contribution in [1.29, 1.82) is 0 Å². The highest BCUT2D eigenvalue weighted by molar-refractivity contribution is 6.07. The van der Waals surface area contributed by atoms with Gasteiger partial charge < -0.3 is 23.5 Å². The molecule has 2 heterocycles. The molecular weight excluding hydrogens is 410 g/mol. The van der Waals surface area contributed by atoms with Gasteiger partial charge in [-0.1, -0.05) is 35.5 Å². The van der Waals surface area contributed by atoms with Gasteiger partial charge in [-0.25, -0.2) is 4.79 Å². The molecule has 0 spiro atoms. The van der Waals surface area contributed by atoms with Crippen molar-refractivity contribution in [3.63, 3.8) is 0 Å². The number of rotatable bonds is 6. The second-order valence-corrected chi connectivity index (χ2v) is 7.21. The number of hydrogen-bond donors (Lipinski definition) is 0. The fourth-order valence-electron chi connectivity index (χ4n) is 3.66. The highest BCUT2D eigenvalue weighted by atomic mass is 16.6. The van der Waals surface area contributed by atoms with Gasteiger partial charge in [0.1, 0.15) is 36.8 Å². The summed E-state index contributed by atoms with van der Waals surface area (Å²) in [6.45, 7) is 3.33. The Morgan fingerprint density at radius 2 is 1.84 bits per heavy atom. The van der Waals surface area contributed by atoms with E-state index in [1.54, 1.807) is 12.1 Å². The first-order chi connectivity index (χ1) is 15.7. The molecule has 3 aromatic carbocycles. The summed E-state index contributed by atoms with van der Waals surface area (Å²) in [7, 11) is 0. The van der Waals surface area contributed by atoms with Crippen LogP contribution in [0.2, 0.25) is 0 Å². The monoisotopic (exact) mass is 431 g/mol. The van der Waals surface area contributed by atoms with Crippen LogP contribution in [-0.2, 0) is 11.3 Å². The molecule has 1 aliphatic heterocycles. The Hall–Kier alpha value is -4.00. The van der Waals surface area contributed by atoms with Crippen molar-refractivity contribution in [2.24, 2.45) is 0 Å². The fraction of sp³-hybridized carbons (Fsp3) is 0.200. The summed E-state index contributed by atoms with van der Waals surface area (Å²) in [6, 6.07) is 18.6. The Labute approximate surface area is 184 Å². The number of hydrogen-bond acceptors (Lipinski definition) is 7. The molecule has 4 aromatic rings. The molecule has 7 heteroatoms. The van der Waals surface area contributed by atoms with Gasteiger partial charge in [-0.15, -0.1) is 0 Å². The number of carbonyl (C=O) groups is 1. The molecule has 162 valence electrons. The second-order valence-electron chi connectivity index (χ2n) is 7.21. The zero-order valence-electron chi connectivity index (χ0n) is 17.5. The highest BCUT2D eigenvalue weighted by Crippen LogP contribution is 2.35. The molecular formula is C25H21NO6. The molecule has 7 nitrogen and oxygen atoms in total. The van der Waals surface area contributed by atoms with Crippen LogP contribution in [0.1, 0.15) is 23.0 Å². The zero-order valence-corrected chi connectivity index (χ0v) is 17.5. The van der Waals surface area contributed by atoms with Crippen LogP contribution in [0.3, 0.4) is 0 Å². The zero-order chi connectivity index (χ0) is 21.9. The van der Waals surface area contributed by atoms with Crippen LogP contribution < -0.4 is 14.2 Å².